The maximum Gasteiger partial charge on any atom is 0.142 e. The van der Waals surface area contributed by atoms with E-state index in [1.807, 2.05) is 36.4 Å². The number of fused-ring (bicyclic) bond motifs is 3. The van der Waals surface area contributed by atoms with Crippen LogP contribution in [0.25, 0.3) is 10.8 Å². The first kappa shape index (κ1) is 13.9. The Morgan fingerprint density at radius 1 is 1.14 bits per heavy atom. The van der Waals surface area contributed by atoms with E-state index in [-0.39, 0.29) is 17.7 Å². The Hall–Kier alpha value is -1.71. The summed E-state index contributed by atoms with van der Waals surface area (Å²) < 4.78 is 0. The van der Waals surface area contributed by atoms with E-state index in [2.05, 4.69) is 18.0 Å². The van der Waals surface area contributed by atoms with E-state index in [0.717, 1.165) is 29.2 Å². The predicted molar refractivity (Wildman–Crippen MR) is 86.6 cm³/mol. The van der Waals surface area contributed by atoms with Crippen molar-refractivity contribution in [3.63, 3.8) is 0 Å². The van der Waals surface area contributed by atoms with Gasteiger partial charge in [0.2, 0.25) is 0 Å². The molecule has 0 spiro atoms. The molecule has 3 nitrogen and oxygen atoms in total. The zero-order valence-electron chi connectivity index (χ0n) is 12.8. The second-order valence-electron chi connectivity index (χ2n) is 6.71. The number of aliphatic hydroxyl groups excluding tert-OH is 1. The molecule has 0 radical (unpaired) electrons. The molecule has 0 amide bonds. The summed E-state index contributed by atoms with van der Waals surface area (Å²) >= 11 is 0. The number of hydrogen-bond acceptors (Lipinski definition) is 3. The highest BCUT2D eigenvalue weighted by atomic mass is 16.3. The molecule has 0 saturated carbocycles. The van der Waals surface area contributed by atoms with Crippen molar-refractivity contribution in [3.8, 4) is 0 Å². The fraction of sp³-hybridized carbons (Fsp3) is 0.421. The highest BCUT2D eigenvalue weighted by molar-refractivity contribution is 5.86. The lowest BCUT2D eigenvalue weighted by Crippen LogP contribution is -2.49. The maximum absolute atomic E-state index is 12.5. The van der Waals surface area contributed by atoms with Crippen LogP contribution in [-0.2, 0) is 4.79 Å². The van der Waals surface area contributed by atoms with E-state index in [0.29, 0.717) is 12.5 Å². The van der Waals surface area contributed by atoms with Crippen LogP contribution in [-0.4, -0.2) is 34.9 Å². The lowest BCUT2D eigenvalue weighted by atomic mass is 9.81. The molecule has 2 heterocycles. The van der Waals surface area contributed by atoms with Crippen molar-refractivity contribution in [2.24, 2.45) is 5.92 Å². The molecular formula is C19H21NO2. The molecule has 1 N–H and O–H groups in total. The van der Waals surface area contributed by atoms with E-state index in [1.165, 1.54) is 0 Å². The second kappa shape index (κ2) is 5.18. The lowest BCUT2D eigenvalue weighted by molar-refractivity contribution is -0.134. The normalized spacial score (nSPS) is 29.9. The van der Waals surface area contributed by atoms with Crippen molar-refractivity contribution in [1.82, 2.24) is 4.90 Å². The zero-order valence-corrected chi connectivity index (χ0v) is 12.8. The highest BCUT2D eigenvalue weighted by Gasteiger charge is 2.47. The van der Waals surface area contributed by atoms with Crippen molar-refractivity contribution < 1.29 is 9.90 Å². The molecule has 2 saturated heterocycles. The zero-order chi connectivity index (χ0) is 15.3. The highest BCUT2D eigenvalue weighted by Crippen LogP contribution is 2.41. The van der Waals surface area contributed by atoms with E-state index in [1.54, 1.807) is 0 Å². The van der Waals surface area contributed by atoms with Gasteiger partial charge in [0.15, 0.2) is 0 Å². The molecule has 2 aliphatic heterocycles. The number of carbonyl (C=O) groups excluding carboxylic acids is 1. The monoisotopic (exact) mass is 295 g/mol. The quantitative estimate of drug-likeness (QED) is 0.926. The number of aliphatic hydroxyl groups is 1. The van der Waals surface area contributed by atoms with Crippen LogP contribution in [0, 0.1) is 5.92 Å². The molecule has 0 aromatic heterocycles. The molecule has 3 heteroatoms. The third kappa shape index (κ3) is 2.08. The average molecular weight is 295 g/mol. The molecule has 2 aliphatic rings. The molecule has 22 heavy (non-hydrogen) atoms. The molecule has 4 atom stereocenters. The van der Waals surface area contributed by atoms with E-state index in [4.69, 9.17) is 0 Å². The summed E-state index contributed by atoms with van der Waals surface area (Å²) in [7, 11) is 2.09. The van der Waals surface area contributed by atoms with Gasteiger partial charge in [-0.05, 0) is 42.3 Å². The van der Waals surface area contributed by atoms with E-state index in [9.17, 15) is 9.90 Å². The van der Waals surface area contributed by atoms with Gasteiger partial charge in [0.25, 0.3) is 0 Å². The van der Waals surface area contributed by atoms with Crippen LogP contribution < -0.4 is 0 Å². The lowest BCUT2D eigenvalue weighted by Gasteiger charge is -2.38. The average Bonchev–Trinajstić information content (AvgIpc) is 2.78. The smallest absolute Gasteiger partial charge is 0.142 e. The van der Waals surface area contributed by atoms with Gasteiger partial charge >= 0.3 is 0 Å². The number of rotatable bonds is 2. The van der Waals surface area contributed by atoms with Crippen LogP contribution in [0.3, 0.4) is 0 Å². The second-order valence-corrected chi connectivity index (χ2v) is 6.71. The molecule has 4 rings (SSSR count). The van der Waals surface area contributed by atoms with Crippen molar-refractivity contribution in [2.75, 3.05) is 7.05 Å². The van der Waals surface area contributed by atoms with Gasteiger partial charge < -0.3 is 5.11 Å². The Labute approximate surface area is 130 Å². The topological polar surface area (TPSA) is 40.5 Å². The van der Waals surface area contributed by atoms with Crippen molar-refractivity contribution in [2.45, 2.75) is 37.5 Å². The molecule has 2 fully saturated rings. The van der Waals surface area contributed by atoms with Crippen LogP contribution in [0.1, 0.15) is 30.9 Å². The molecule has 0 aliphatic carbocycles. The number of hydrogen-bond donors (Lipinski definition) is 1. The fourth-order valence-electron chi connectivity index (χ4n) is 4.29. The van der Waals surface area contributed by atoms with Crippen molar-refractivity contribution >= 4 is 16.6 Å². The third-order valence-corrected chi connectivity index (χ3v) is 5.57. The minimum Gasteiger partial charge on any atom is -0.388 e. The van der Waals surface area contributed by atoms with Crippen molar-refractivity contribution in [1.29, 1.82) is 0 Å². The Bertz CT molecular complexity index is 726. The van der Waals surface area contributed by atoms with Crippen LogP contribution in [0.5, 0.6) is 0 Å². The van der Waals surface area contributed by atoms with Gasteiger partial charge in [-0.3, -0.25) is 9.69 Å². The number of Topliss-reactive ketones (excluding diaryl/α,β-unsaturated/α-hetero) is 1. The molecular weight excluding hydrogens is 274 g/mol. The molecule has 2 aromatic carbocycles. The largest absolute Gasteiger partial charge is 0.388 e. The third-order valence-electron chi connectivity index (χ3n) is 5.57. The first-order valence-electron chi connectivity index (χ1n) is 8.06. The van der Waals surface area contributed by atoms with Gasteiger partial charge in [-0.15, -0.1) is 0 Å². The van der Waals surface area contributed by atoms with Gasteiger partial charge in [0, 0.05) is 18.5 Å². The van der Waals surface area contributed by atoms with Crippen molar-refractivity contribution in [3.05, 3.63) is 48.0 Å². The Morgan fingerprint density at radius 3 is 2.73 bits per heavy atom. The summed E-state index contributed by atoms with van der Waals surface area (Å²) in [5.74, 6) is -0.0591. The van der Waals surface area contributed by atoms with Crippen LogP contribution in [0.4, 0.5) is 0 Å². The summed E-state index contributed by atoms with van der Waals surface area (Å²) in [5.41, 5.74) is 0.857. The summed E-state index contributed by atoms with van der Waals surface area (Å²) in [5, 5.41) is 13.1. The van der Waals surface area contributed by atoms with Gasteiger partial charge in [0.05, 0.1) is 12.0 Å². The SMILES string of the molecule is CN1[C@H]2CC[C@@H]1[C@@H]([C@H](O)c1ccc3ccccc3c1)C(=O)C2. The molecule has 2 bridgehead atoms. The van der Waals surface area contributed by atoms with Gasteiger partial charge in [0.1, 0.15) is 5.78 Å². The van der Waals surface area contributed by atoms with Crippen LogP contribution >= 0.6 is 0 Å². The number of nitrogens with zero attached hydrogens (tertiary/aromatic N) is 1. The number of piperidine rings is 1. The minimum atomic E-state index is -0.705. The number of carbonyl (C=O) groups is 1. The first-order valence-corrected chi connectivity index (χ1v) is 8.06. The Morgan fingerprint density at radius 2 is 1.91 bits per heavy atom. The van der Waals surface area contributed by atoms with Gasteiger partial charge in [-0.25, -0.2) is 0 Å². The Balaban J connectivity index is 1.69. The van der Waals surface area contributed by atoms with E-state index < -0.39 is 6.10 Å². The number of ketones is 1. The number of benzene rings is 2. The minimum absolute atomic E-state index is 0.188. The van der Waals surface area contributed by atoms with Gasteiger partial charge in [-0.2, -0.15) is 0 Å². The molecule has 0 unspecified atom stereocenters. The standard InChI is InChI=1S/C19H21NO2/c1-20-15-8-9-16(20)18(17(21)11-15)19(22)14-7-6-12-4-2-3-5-13(12)10-14/h2-7,10,15-16,18-19,22H,8-9,11H2,1H3/t15-,16+,18+,19+/m0/s1. The van der Waals surface area contributed by atoms with Gasteiger partial charge in [-0.1, -0.05) is 36.4 Å². The fourth-order valence-corrected chi connectivity index (χ4v) is 4.29. The predicted octanol–water partition coefficient (Wildman–Crippen LogP) is 2.93. The maximum atomic E-state index is 12.5. The van der Waals surface area contributed by atoms with Crippen LogP contribution in [0.15, 0.2) is 42.5 Å². The summed E-state index contributed by atoms with van der Waals surface area (Å²) in [6, 6.07) is 14.7. The first-order chi connectivity index (χ1) is 10.6. The molecule has 114 valence electrons. The summed E-state index contributed by atoms with van der Waals surface area (Å²) in [6.45, 7) is 0. The molecule has 2 aromatic rings. The Kier molecular flexibility index (Phi) is 3.28. The summed E-state index contributed by atoms with van der Waals surface area (Å²) in [4.78, 5) is 14.8. The summed E-state index contributed by atoms with van der Waals surface area (Å²) in [6.07, 6.45) is 1.97. The van der Waals surface area contributed by atoms with E-state index >= 15 is 0 Å². The van der Waals surface area contributed by atoms with Crippen LogP contribution in [0.2, 0.25) is 0 Å².